The van der Waals surface area contributed by atoms with Crippen molar-refractivity contribution in [3.63, 3.8) is 0 Å². The standard InChI is InChI=1S/C10H9ClN4O/c1-7(16)6-15-13-10(12-14-15)8-2-4-9(11)5-3-8/h2-5H,6H2,1H3. The molecule has 0 saturated carbocycles. The molecule has 2 rings (SSSR count). The lowest BCUT2D eigenvalue weighted by Gasteiger charge is -1.94. The van der Waals surface area contributed by atoms with Crippen LogP contribution in [0.4, 0.5) is 0 Å². The molecule has 1 heterocycles. The summed E-state index contributed by atoms with van der Waals surface area (Å²) in [6, 6.07) is 7.11. The Kier molecular flexibility index (Phi) is 2.96. The molecule has 0 radical (unpaired) electrons. The first-order valence-electron chi connectivity index (χ1n) is 4.68. The van der Waals surface area contributed by atoms with E-state index < -0.39 is 0 Å². The summed E-state index contributed by atoms with van der Waals surface area (Å²) in [5.41, 5.74) is 0.819. The number of nitrogens with zero attached hydrogens (tertiary/aromatic N) is 4. The Hall–Kier alpha value is -1.75. The number of hydrogen-bond donors (Lipinski definition) is 0. The Morgan fingerprint density at radius 1 is 1.38 bits per heavy atom. The first-order chi connectivity index (χ1) is 7.65. The molecule has 0 saturated heterocycles. The number of carbonyl (C=O) groups is 1. The number of tetrazole rings is 1. The summed E-state index contributed by atoms with van der Waals surface area (Å²) in [4.78, 5) is 12.1. The number of carbonyl (C=O) groups excluding carboxylic acids is 1. The van der Waals surface area contributed by atoms with Gasteiger partial charge in [-0.25, -0.2) is 0 Å². The molecule has 82 valence electrons. The molecule has 0 spiro atoms. The number of ketones is 1. The highest BCUT2D eigenvalue weighted by atomic mass is 35.5. The van der Waals surface area contributed by atoms with Gasteiger partial charge in [-0.15, -0.1) is 10.2 Å². The van der Waals surface area contributed by atoms with Gasteiger partial charge in [-0.05, 0) is 36.4 Å². The molecule has 0 N–H and O–H groups in total. The van der Waals surface area contributed by atoms with E-state index in [9.17, 15) is 4.79 Å². The number of halogens is 1. The van der Waals surface area contributed by atoms with Crippen LogP contribution in [0.15, 0.2) is 24.3 Å². The minimum absolute atomic E-state index is 0.0138. The van der Waals surface area contributed by atoms with Gasteiger partial charge >= 0.3 is 0 Å². The van der Waals surface area contributed by atoms with Crippen molar-refractivity contribution >= 4 is 17.4 Å². The maximum Gasteiger partial charge on any atom is 0.204 e. The molecule has 0 aliphatic rings. The summed E-state index contributed by atoms with van der Waals surface area (Å²) in [5, 5.41) is 12.4. The van der Waals surface area contributed by atoms with E-state index in [1.807, 2.05) is 0 Å². The number of Topliss-reactive ketones (excluding diaryl/α,β-unsaturated/α-hetero) is 1. The van der Waals surface area contributed by atoms with Crippen LogP contribution in [-0.4, -0.2) is 26.0 Å². The summed E-state index contributed by atoms with van der Waals surface area (Å²) in [6.45, 7) is 1.62. The SMILES string of the molecule is CC(=O)Cn1nnc(-c2ccc(Cl)cc2)n1. The van der Waals surface area contributed by atoms with Crippen LogP contribution in [0.5, 0.6) is 0 Å². The van der Waals surface area contributed by atoms with Crippen molar-refractivity contribution < 1.29 is 4.79 Å². The Morgan fingerprint density at radius 2 is 2.06 bits per heavy atom. The third-order valence-corrected chi connectivity index (χ3v) is 2.17. The summed E-state index contributed by atoms with van der Waals surface area (Å²) < 4.78 is 0. The zero-order valence-electron chi connectivity index (χ0n) is 8.59. The van der Waals surface area contributed by atoms with Crippen LogP contribution in [0.1, 0.15) is 6.92 Å². The highest BCUT2D eigenvalue weighted by Crippen LogP contribution is 2.16. The van der Waals surface area contributed by atoms with E-state index in [0.717, 1.165) is 5.56 Å². The predicted octanol–water partition coefficient (Wildman–Crippen LogP) is 1.58. The fraction of sp³-hybridized carbons (Fsp3) is 0.200. The minimum atomic E-state index is -0.0138. The van der Waals surface area contributed by atoms with Gasteiger partial charge < -0.3 is 0 Å². The van der Waals surface area contributed by atoms with Crippen molar-refractivity contribution in [1.82, 2.24) is 20.2 Å². The second-order valence-corrected chi connectivity index (χ2v) is 3.79. The molecule has 0 aliphatic carbocycles. The van der Waals surface area contributed by atoms with E-state index in [1.54, 1.807) is 24.3 Å². The van der Waals surface area contributed by atoms with Crippen LogP contribution in [0, 0.1) is 0 Å². The molecule has 0 amide bonds. The summed E-state index contributed by atoms with van der Waals surface area (Å²) in [6.07, 6.45) is 0. The van der Waals surface area contributed by atoms with Crippen LogP contribution in [0.2, 0.25) is 5.02 Å². The molecule has 0 atom stereocenters. The Bertz CT molecular complexity index is 506. The number of benzene rings is 1. The molecule has 1 aromatic carbocycles. The van der Waals surface area contributed by atoms with Crippen LogP contribution < -0.4 is 0 Å². The molecule has 2 aromatic rings. The Balaban J connectivity index is 2.24. The van der Waals surface area contributed by atoms with E-state index in [0.29, 0.717) is 10.8 Å². The van der Waals surface area contributed by atoms with Gasteiger partial charge in [0, 0.05) is 10.6 Å². The van der Waals surface area contributed by atoms with Gasteiger partial charge in [0.05, 0.1) is 0 Å². The highest BCUT2D eigenvalue weighted by Gasteiger charge is 2.06. The van der Waals surface area contributed by atoms with E-state index in [1.165, 1.54) is 11.7 Å². The second-order valence-electron chi connectivity index (χ2n) is 3.35. The van der Waals surface area contributed by atoms with Crippen LogP contribution in [-0.2, 0) is 11.3 Å². The van der Waals surface area contributed by atoms with Crippen molar-refractivity contribution in [1.29, 1.82) is 0 Å². The van der Waals surface area contributed by atoms with Crippen molar-refractivity contribution in [2.24, 2.45) is 0 Å². The molecule has 0 unspecified atom stereocenters. The van der Waals surface area contributed by atoms with E-state index in [-0.39, 0.29) is 12.3 Å². The van der Waals surface area contributed by atoms with Gasteiger partial charge in [-0.1, -0.05) is 11.6 Å². The monoisotopic (exact) mass is 236 g/mol. The van der Waals surface area contributed by atoms with Crippen molar-refractivity contribution in [3.8, 4) is 11.4 Å². The van der Waals surface area contributed by atoms with Crippen LogP contribution >= 0.6 is 11.6 Å². The third kappa shape index (κ3) is 2.43. The fourth-order valence-electron chi connectivity index (χ4n) is 1.22. The normalized spacial score (nSPS) is 10.4. The molecule has 1 aromatic heterocycles. The molecule has 0 aliphatic heterocycles. The number of rotatable bonds is 3. The van der Waals surface area contributed by atoms with Crippen LogP contribution in [0.3, 0.4) is 0 Å². The van der Waals surface area contributed by atoms with Gasteiger partial charge in [0.2, 0.25) is 5.82 Å². The first kappa shape index (κ1) is 10.8. The van der Waals surface area contributed by atoms with Crippen LogP contribution in [0.25, 0.3) is 11.4 Å². The number of aromatic nitrogens is 4. The largest absolute Gasteiger partial charge is 0.298 e. The van der Waals surface area contributed by atoms with Crippen molar-refractivity contribution in [2.45, 2.75) is 13.5 Å². The average molecular weight is 237 g/mol. The molecular formula is C10H9ClN4O. The Morgan fingerprint density at radius 3 is 2.69 bits per heavy atom. The molecule has 16 heavy (non-hydrogen) atoms. The van der Waals surface area contributed by atoms with Crippen molar-refractivity contribution in [2.75, 3.05) is 0 Å². The van der Waals surface area contributed by atoms with E-state index >= 15 is 0 Å². The Labute approximate surface area is 97.0 Å². The van der Waals surface area contributed by atoms with Gasteiger partial charge in [0.15, 0.2) is 5.78 Å². The van der Waals surface area contributed by atoms with E-state index in [2.05, 4.69) is 15.4 Å². The third-order valence-electron chi connectivity index (χ3n) is 1.92. The maximum absolute atomic E-state index is 10.9. The van der Waals surface area contributed by atoms with Gasteiger partial charge in [0.25, 0.3) is 0 Å². The van der Waals surface area contributed by atoms with Gasteiger partial charge in [-0.2, -0.15) is 4.80 Å². The summed E-state index contributed by atoms with van der Waals surface area (Å²) >= 11 is 5.77. The maximum atomic E-state index is 10.9. The first-order valence-corrected chi connectivity index (χ1v) is 5.06. The number of hydrogen-bond acceptors (Lipinski definition) is 4. The lowest BCUT2D eigenvalue weighted by Crippen LogP contribution is -2.09. The molecule has 5 nitrogen and oxygen atoms in total. The predicted molar refractivity (Wildman–Crippen MR) is 58.9 cm³/mol. The molecular weight excluding hydrogens is 228 g/mol. The molecule has 0 fully saturated rings. The minimum Gasteiger partial charge on any atom is -0.298 e. The zero-order chi connectivity index (χ0) is 11.5. The average Bonchev–Trinajstić information content (AvgIpc) is 2.66. The zero-order valence-corrected chi connectivity index (χ0v) is 9.35. The lowest BCUT2D eigenvalue weighted by atomic mass is 10.2. The lowest BCUT2D eigenvalue weighted by molar-refractivity contribution is -0.117. The van der Waals surface area contributed by atoms with Gasteiger partial charge in [0.1, 0.15) is 6.54 Å². The quantitative estimate of drug-likeness (QED) is 0.812. The summed E-state index contributed by atoms with van der Waals surface area (Å²) in [7, 11) is 0. The van der Waals surface area contributed by atoms with E-state index in [4.69, 9.17) is 11.6 Å². The topological polar surface area (TPSA) is 60.7 Å². The summed E-state index contributed by atoms with van der Waals surface area (Å²) in [5.74, 6) is 0.470. The second kappa shape index (κ2) is 4.40. The smallest absolute Gasteiger partial charge is 0.204 e. The fourth-order valence-corrected chi connectivity index (χ4v) is 1.35. The van der Waals surface area contributed by atoms with Gasteiger partial charge in [-0.3, -0.25) is 4.79 Å². The molecule has 6 heteroatoms. The van der Waals surface area contributed by atoms with Crippen molar-refractivity contribution in [3.05, 3.63) is 29.3 Å². The highest BCUT2D eigenvalue weighted by molar-refractivity contribution is 6.30. The molecule has 0 bridgehead atoms.